The largest absolute Gasteiger partial charge is 0.416 e. The molecule has 176 valence electrons. The molecule has 1 aromatic heterocycles. The number of alkyl halides is 3. The lowest BCUT2D eigenvalue weighted by Gasteiger charge is -2.25. The van der Waals surface area contributed by atoms with Gasteiger partial charge in [-0.05, 0) is 37.5 Å². The van der Waals surface area contributed by atoms with Gasteiger partial charge < -0.3 is 15.2 Å². The molecule has 0 radical (unpaired) electrons. The summed E-state index contributed by atoms with van der Waals surface area (Å²) in [6, 6.07) is 5.37. The summed E-state index contributed by atoms with van der Waals surface area (Å²) < 4.78 is 41.1. The number of nitrogens with one attached hydrogen (secondary N) is 2. The molecular formula is C22H30F3N5OS. The van der Waals surface area contributed by atoms with Gasteiger partial charge in [0, 0.05) is 18.3 Å². The van der Waals surface area contributed by atoms with Gasteiger partial charge in [0.25, 0.3) is 0 Å². The lowest BCUT2D eigenvalue weighted by Crippen LogP contribution is -2.26. The first-order valence-electron chi connectivity index (χ1n) is 11.1. The van der Waals surface area contributed by atoms with Gasteiger partial charge in [0.05, 0.1) is 17.9 Å². The quantitative estimate of drug-likeness (QED) is 0.359. The molecule has 10 heteroatoms. The van der Waals surface area contributed by atoms with Gasteiger partial charge in [-0.2, -0.15) is 13.2 Å². The van der Waals surface area contributed by atoms with Crippen molar-refractivity contribution in [2.45, 2.75) is 75.8 Å². The van der Waals surface area contributed by atoms with Gasteiger partial charge in [-0.1, -0.05) is 50.4 Å². The molecule has 0 aliphatic heterocycles. The Labute approximate surface area is 190 Å². The Morgan fingerprint density at radius 2 is 2.00 bits per heavy atom. The molecule has 0 unspecified atom stereocenters. The van der Waals surface area contributed by atoms with Crippen molar-refractivity contribution in [2.24, 2.45) is 0 Å². The summed E-state index contributed by atoms with van der Waals surface area (Å²) in [6.07, 6.45) is 3.01. The highest BCUT2D eigenvalue weighted by Crippen LogP contribution is 2.33. The van der Waals surface area contributed by atoms with E-state index in [2.05, 4.69) is 32.3 Å². The molecule has 0 spiro atoms. The molecule has 2 N–H and O–H groups in total. The first kappa shape index (κ1) is 24.4. The zero-order valence-electron chi connectivity index (χ0n) is 18.2. The first-order chi connectivity index (χ1) is 15.4. The van der Waals surface area contributed by atoms with Crippen LogP contribution in [-0.2, 0) is 17.5 Å². The Bertz CT molecular complexity index is 881. The molecule has 0 saturated heterocycles. The number of thioether (sulfide) groups is 1. The van der Waals surface area contributed by atoms with E-state index in [1.807, 2.05) is 0 Å². The molecular weight excluding hydrogens is 439 g/mol. The topological polar surface area (TPSA) is 71.8 Å². The maximum absolute atomic E-state index is 13.0. The van der Waals surface area contributed by atoms with Gasteiger partial charge in [0.15, 0.2) is 11.0 Å². The second kappa shape index (κ2) is 11.6. The number of rotatable bonds is 10. The molecule has 3 rings (SSSR count). The maximum Gasteiger partial charge on any atom is 0.416 e. The molecule has 6 nitrogen and oxygen atoms in total. The fourth-order valence-electron chi connectivity index (χ4n) is 3.80. The van der Waals surface area contributed by atoms with Gasteiger partial charge in [0.2, 0.25) is 5.91 Å². The number of benzene rings is 1. The van der Waals surface area contributed by atoms with Crippen molar-refractivity contribution in [2.75, 3.05) is 17.6 Å². The van der Waals surface area contributed by atoms with Crippen LogP contribution in [0.15, 0.2) is 29.4 Å². The van der Waals surface area contributed by atoms with E-state index >= 15 is 0 Å². The molecule has 1 heterocycles. The second-order valence-corrected chi connectivity index (χ2v) is 8.93. The predicted octanol–water partition coefficient (Wildman–Crippen LogP) is 5.42. The van der Waals surface area contributed by atoms with Crippen LogP contribution in [-0.4, -0.2) is 33.0 Å². The summed E-state index contributed by atoms with van der Waals surface area (Å²) >= 11 is 1.36. The van der Waals surface area contributed by atoms with Crippen LogP contribution in [0.3, 0.4) is 0 Å². The van der Waals surface area contributed by atoms with Crippen LogP contribution in [0.5, 0.6) is 0 Å². The normalized spacial score (nSPS) is 15.0. The summed E-state index contributed by atoms with van der Waals surface area (Å²) in [5.74, 6) is 0.892. The first-order valence-corrected chi connectivity index (χ1v) is 12.1. The Morgan fingerprint density at radius 3 is 2.72 bits per heavy atom. The standard InChI is InChI=1S/C22H30F3N5OS/c1-2-3-12-26-20(31)15-32-21-29-28-19(30(21)18-10-5-4-6-11-18)14-27-17-9-7-8-16(13-17)22(23,24)25/h7-9,13,18,27H,2-6,10-12,14-15H2,1H3,(H,26,31). The molecule has 1 aromatic carbocycles. The molecule has 32 heavy (non-hydrogen) atoms. The van der Waals surface area contributed by atoms with Gasteiger partial charge in [-0.15, -0.1) is 10.2 Å². The highest BCUT2D eigenvalue weighted by Gasteiger charge is 2.30. The maximum atomic E-state index is 13.0. The summed E-state index contributed by atoms with van der Waals surface area (Å²) in [5.41, 5.74) is -0.316. The Kier molecular flexibility index (Phi) is 8.84. The average Bonchev–Trinajstić information content (AvgIpc) is 3.19. The molecule has 0 bridgehead atoms. The fourth-order valence-corrected chi connectivity index (χ4v) is 4.66. The Hall–Kier alpha value is -2.23. The number of hydrogen-bond acceptors (Lipinski definition) is 5. The van der Waals surface area contributed by atoms with E-state index < -0.39 is 11.7 Å². The van der Waals surface area contributed by atoms with Crippen molar-refractivity contribution in [3.05, 3.63) is 35.7 Å². The van der Waals surface area contributed by atoms with Crippen LogP contribution in [0.4, 0.5) is 18.9 Å². The monoisotopic (exact) mass is 469 g/mol. The van der Waals surface area contributed by atoms with Crippen LogP contribution in [0, 0.1) is 0 Å². The van der Waals surface area contributed by atoms with Crippen LogP contribution in [0.2, 0.25) is 0 Å². The highest BCUT2D eigenvalue weighted by molar-refractivity contribution is 7.99. The van der Waals surface area contributed by atoms with Crippen molar-refractivity contribution in [3.8, 4) is 0 Å². The van der Waals surface area contributed by atoms with E-state index in [0.717, 1.165) is 50.7 Å². The van der Waals surface area contributed by atoms with E-state index in [-0.39, 0.29) is 24.2 Å². The minimum atomic E-state index is -4.39. The molecule has 2 aromatic rings. The summed E-state index contributed by atoms with van der Waals surface area (Å²) in [5, 5.41) is 15.3. The number of hydrogen-bond donors (Lipinski definition) is 2. The van der Waals surface area contributed by atoms with Crippen LogP contribution >= 0.6 is 11.8 Å². The van der Waals surface area contributed by atoms with E-state index in [1.165, 1.54) is 24.2 Å². The summed E-state index contributed by atoms with van der Waals surface area (Å²) in [7, 11) is 0. The summed E-state index contributed by atoms with van der Waals surface area (Å²) in [4.78, 5) is 12.1. The summed E-state index contributed by atoms with van der Waals surface area (Å²) in [6.45, 7) is 2.99. The number of amides is 1. The van der Waals surface area contributed by atoms with Gasteiger partial charge >= 0.3 is 6.18 Å². The number of carbonyl (C=O) groups excluding carboxylic acids is 1. The van der Waals surface area contributed by atoms with Crippen LogP contribution < -0.4 is 10.6 Å². The predicted molar refractivity (Wildman–Crippen MR) is 120 cm³/mol. The van der Waals surface area contributed by atoms with Crippen LogP contribution in [0.1, 0.15) is 69.3 Å². The molecule has 1 aliphatic rings. The van der Waals surface area contributed by atoms with Crippen molar-refractivity contribution in [1.29, 1.82) is 0 Å². The lowest BCUT2D eigenvalue weighted by atomic mass is 9.95. The van der Waals surface area contributed by atoms with Gasteiger partial charge in [-0.3, -0.25) is 4.79 Å². The molecule has 1 fully saturated rings. The van der Waals surface area contributed by atoms with E-state index in [1.54, 1.807) is 6.07 Å². The molecule has 0 atom stereocenters. The lowest BCUT2D eigenvalue weighted by molar-refractivity contribution is -0.137. The van der Waals surface area contributed by atoms with Gasteiger partial charge in [0.1, 0.15) is 0 Å². The Balaban J connectivity index is 1.70. The molecule has 1 amide bonds. The third kappa shape index (κ3) is 6.88. The fraction of sp³-hybridized carbons (Fsp3) is 0.591. The Morgan fingerprint density at radius 1 is 1.22 bits per heavy atom. The van der Waals surface area contributed by atoms with Crippen molar-refractivity contribution in [1.82, 2.24) is 20.1 Å². The van der Waals surface area contributed by atoms with Gasteiger partial charge in [-0.25, -0.2) is 0 Å². The third-order valence-corrected chi connectivity index (χ3v) is 6.44. The smallest absolute Gasteiger partial charge is 0.378 e. The highest BCUT2D eigenvalue weighted by atomic mass is 32.2. The van der Waals surface area contributed by atoms with E-state index in [4.69, 9.17) is 0 Å². The number of unbranched alkanes of at least 4 members (excludes halogenated alkanes) is 1. The zero-order valence-corrected chi connectivity index (χ0v) is 19.1. The van der Waals surface area contributed by atoms with E-state index in [9.17, 15) is 18.0 Å². The number of anilines is 1. The number of carbonyl (C=O) groups is 1. The van der Waals surface area contributed by atoms with Crippen molar-refractivity contribution >= 4 is 23.4 Å². The minimum absolute atomic E-state index is 0.0368. The number of nitrogens with zero attached hydrogens (tertiary/aromatic N) is 3. The van der Waals surface area contributed by atoms with Crippen LogP contribution in [0.25, 0.3) is 0 Å². The van der Waals surface area contributed by atoms with E-state index in [0.29, 0.717) is 23.2 Å². The zero-order chi connectivity index (χ0) is 23.0. The third-order valence-electron chi connectivity index (χ3n) is 5.50. The number of halogens is 3. The second-order valence-electron chi connectivity index (χ2n) is 7.98. The molecule has 1 saturated carbocycles. The van der Waals surface area contributed by atoms with Crippen molar-refractivity contribution in [3.63, 3.8) is 0 Å². The number of aromatic nitrogens is 3. The van der Waals surface area contributed by atoms with Crippen molar-refractivity contribution < 1.29 is 18.0 Å². The molecule has 1 aliphatic carbocycles. The minimum Gasteiger partial charge on any atom is -0.378 e. The SMILES string of the molecule is CCCCNC(=O)CSc1nnc(CNc2cccc(C(F)(F)F)c2)n1C1CCCCC1. The average molecular weight is 470 g/mol.